The Morgan fingerprint density at radius 1 is 0.509 bits per heavy atom. The highest BCUT2D eigenvalue weighted by Crippen LogP contribution is 2.42. The molecule has 1 N–H and O–H groups in total. The molecule has 0 radical (unpaired) electrons. The number of unbranched alkanes of at least 4 members (excludes halogenated alkanes) is 15. The predicted molar refractivity (Wildman–Crippen MR) is 239 cm³/mol. The first-order valence-corrected chi connectivity index (χ1v) is 23.8. The minimum Gasteiger partial charge on any atom is -0.462 e. The molecule has 0 saturated heterocycles. The summed E-state index contributed by atoms with van der Waals surface area (Å²) in [5.41, 5.74) is 0. The van der Waals surface area contributed by atoms with Crippen molar-refractivity contribution in [2.75, 3.05) is 20.3 Å². The fraction of sp³-hybridized carbons (Fsp3) is 0.667. The molecule has 2 unspecified atom stereocenters. The van der Waals surface area contributed by atoms with Crippen molar-refractivity contribution >= 4 is 19.8 Å². The highest BCUT2D eigenvalue weighted by molar-refractivity contribution is 7.47. The van der Waals surface area contributed by atoms with Crippen LogP contribution in [0.1, 0.15) is 181 Å². The standard InChI is InChI=1S/C48H81O8P/c1-4-6-8-10-12-14-16-18-20-22-24-26-28-30-32-34-36-38-40-42-47(49)54-44-46(45-55-57(51,52)53-3)56-48(50)43-41-39-37-35-33-31-29-27-25-23-21-19-17-15-13-11-9-7-5-2/h7,9,12-15,18-21,25,27,31,33,46H,4-6,8,10-11,16-17,22-24,26,28-30,32,34-45H2,1-3H3,(H,51,52)/b9-7-,14-12-,15-13-,20-18-,21-19-,27-25-,33-31-. The molecular weight excluding hydrogens is 735 g/mol. The van der Waals surface area contributed by atoms with Crippen molar-refractivity contribution < 1.29 is 37.6 Å². The van der Waals surface area contributed by atoms with E-state index in [-0.39, 0.29) is 25.4 Å². The van der Waals surface area contributed by atoms with Crippen LogP contribution < -0.4 is 0 Å². The first-order chi connectivity index (χ1) is 27.8. The van der Waals surface area contributed by atoms with Crippen LogP contribution in [0.25, 0.3) is 0 Å². The summed E-state index contributed by atoms with van der Waals surface area (Å²) in [6, 6.07) is 0. The summed E-state index contributed by atoms with van der Waals surface area (Å²) < 4.78 is 32.0. The SMILES string of the molecule is CC/C=C\C/C=C\C/C=C\C/C=C\C/C=C\CCCCCC(=O)OC(COC(=O)CCCCCCCCCCC/C=C\C/C=C\CCCCC)COP(=O)(O)OC. The lowest BCUT2D eigenvalue weighted by Gasteiger charge is -2.19. The van der Waals surface area contributed by atoms with Gasteiger partial charge in [0.05, 0.1) is 6.61 Å². The van der Waals surface area contributed by atoms with Crippen LogP contribution in [0.3, 0.4) is 0 Å². The lowest BCUT2D eigenvalue weighted by molar-refractivity contribution is -0.161. The second-order valence-corrected chi connectivity index (χ2v) is 16.0. The molecule has 0 aliphatic carbocycles. The summed E-state index contributed by atoms with van der Waals surface area (Å²) >= 11 is 0. The van der Waals surface area contributed by atoms with E-state index in [9.17, 15) is 19.0 Å². The van der Waals surface area contributed by atoms with Gasteiger partial charge in [0.25, 0.3) is 0 Å². The highest BCUT2D eigenvalue weighted by Gasteiger charge is 2.24. The van der Waals surface area contributed by atoms with Gasteiger partial charge in [-0.25, -0.2) is 4.57 Å². The van der Waals surface area contributed by atoms with E-state index in [0.29, 0.717) is 6.42 Å². The Balaban J connectivity index is 4.07. The summed E-state index contributed by atoms with van der Waals surface area (Å²) in [5, 5.41) is 0. The number of carbonyl (C=O) groups is 2. The Labute approximate surface area is 348 Å². The molecule has 0 aromatic rings. The third-order valence-corrected chi connectivity index (χ3v) is 10.1. The van der Waals surface area contributed by atoms with Crippen LogP contribution in [-0.2, 0) is 32.7 Å². The number of ether oxygens (including phenoxy) is 2. The zero-order chi connectivity index (χ0) is 41.8. The first-order valence-electron chi connectivity index (χ1n) is 22.3. The quantitative estimate of drug-likeness (QED) is 0.0282. The van der Waals surface area contributed by atoms with E-state index >= 15 is 0 Å². The van der Waals surface area contributed by atoms with Gasteiger partial charge < -0.3 is 14.4 Å². The van der Waals surface area contributed by atoms with Crippen molar-refractivity contribution in [1.29, 1.82) is 0 Å². The Morgan fingerprint density at radius 2 is 0.895 bits per heavy atom. The molecule has 326 valence electrons. The molecule has 9 heteroatoms. The topological polar surface area (TPSA) is 108 Å². The van der Waals surface area contributed by atoms with Crippen molar-refractivity contribution in [2.24, 2.45) is 0 Å². The zero-order valence-corrected chi connectivity index (χ0v) is 37.1. The Bertz CT molecular complexity index is 1200. The first kappa shape index (κ1) is 54.2. The number of carbonyl (C=O) groups excluding carboxylic acids is 2. The van der Waals surface area contributed by atoms with E-state index in [4.69, 9.17) is 14.0 Å². The highest BCUT2D eigenvalue weighted by atomic mass is 31.2. The summed E-state index contributed by atoms with van der Waals surface area (Å²) in [6.45, 7) is 3.72. The normalized spacial score (nSPS) is 14.1. The van der Waals surface area contributed by atoms with E-state index in [1.807, 2.05) is 0 Å². The molecule has 0 amide bonds. The fourth-order valence-corrected chi connectivity index (χ4v) is 6.17. The van der Waals surface area contributed by atoms with Crippen molar-refractivity contribution in [3.63, 3.8) is 0 Å². The van der Waals surface area contributed by atoms with E-state index in [0.717, 1.165) is 84.2 Å². The molecule has 2 atom stereocenters. The molecule has 0 bridgehead atoms. The van der Waals surface area contributed by atoms with Crippen LogP contribution in [-0.4, -0.2) is 43.3 Å². The van der Waals surface area contributed by atoms with Gasteiger partial charge in [0.2, 0.25) is 0 Å². The van der Waals surface area contributed by atoms with Crippen LogP contribution in [0.15, 0.2) is 85.1 Å². The molecule has 57 heavy (non-hydrogen) atoms. The fourth-order valence-electron chi connectivity index (χ4n) is 5.71. The molecular formula is C48H81O8P. The molecule has 0 fully saturated rings. The van der Waals surface area contributed by atoms with Crippen LogP contribution in [0, 0.1) is 0 Å². The van der Waals surface area contributed by atoms with Gasteiger partial charge in [0.1, 0.15) is 6.61 Å². The maximum atomic E-state index is 12.5. The predicted octanol–water partition coefficient (Wildman–Crippen LogP) is 14.3. The molecule has 0 aromatic carbocycles. The smallest absolute Gasteiger partial charge is 0.462 e. The molecule has 0 aliphatic heterocycles. The van der Waals surface area contributed by atoms with Crippen LogP contribution in [0.2, 0.25) is 0 Å². The van der Waals surface area contributed by atoms with E-state index < -0.39 is 26.5 Å². The van der Waals surface area contributed by atoms with Gasteiger partial charge in [0.15, 0.2) is 6.10 Å². The van der Waals surface area contributed by atoms with E-state index in [1.54, 1.807) is 0 Å². The third-order valence-electron chi connectivity index (χ3n) is 9.12. The summed E-state index contributed by atoms with van der Waals surface area (Å²) in [4.78, 5) is 34.5. The molecule has 0 rings (SSSR count). The Kier molecular flexibility index (Phi) is 40.7. The second-order valence-electron chi connectivity index (χ2n) is 14.4. The van der Waals surface area contributed by atoms with Gasteiger partial charge in [-0.15, -0.1) is 0 Å². The lowest BCUT2D eigenvalue weighted by Crippen LogP contribution is -2.29. The van der Waals surface area contributed by atoms with Crippen LogP contribution in [0.4, 0.5) is 0 Å². The molecule has 0 aromatic heterocycles. The summed E-state index contributed by atoms with van der Waals surface area (Å²) in [5.74, 6) is -0.852. The summed E-state index contributed by atoms with van der Waals surface area (Å²) in [6.07, 6.45) is 56.3. The maximum Gasteiger partial charge on any atom is 0.472 e. The van der Waals surface area contributed by atoms with E-state index in [1.165, 1.54) is 70.6 Å². The minimum atomic E-state index is -4.28. The van der Waals surface area contributed by atoms with Crippen molar-refractivity contribution in [3.8, 4) is 0 Å². The van der Waals surface area contributed by atoms with Crippen molar-refractivity contribution in [1.82, 2.24) is 0 Å². The van der Waals surface area contributed by atoms with Crippen molar-refractivity contribution in [3.05, 3.63) is 85.1 Å². The van der Waals surface area contributed by atoms with Crippen LogP contribution >= 0.6 is 7.82 Å². The number of rotatable bonds is 40. The Morgan fingerprint density at radius 3 is 1.35 bits per heavy atom. The molecule has 0 saturated carbocycles. The van der Waals surface area contributed by atoms with Gasteiger partial charge in [-0.05, 0) is 89.9 Å². The molecule has 0 spiro atoms. The average Bonchev–Trinajstić information content (AvgIpc) is 3.20. The van der Waals surface area contributed by atoms with E-state index in [2.05, 4.69) is 103 Å². The third kappa shape index (κ3) is 42.7. The lowest BCUT2D eigenvalue weighted by atomic mass is 10.1. The van der Waals surface area contributed by atoms with Gasteiger partial charge in [-0.1, -0.05) is 163 Å². The molecule has 8 nitrogen and oxygen atoms in total. The Hall–Kier alpha value is -2.77. The second kappa shape index (κ2) is 42.8. The largest absolute Gasteiger partial charge is 0.472 e. The number of phosphoric acid groups is 1. The van der Waals surface area contributed by atoms with Gasteiger partial charge >= 0.3 is 19.8 Å². The molecule has 0 heterocycles. The molecule has 0 aliphatic rings. The summed E-state index contributed by atoms with van der Waals surface area (Å²) in [7, 11) is -3.23. The minimum absolute atomic E-state index is 0.200. The zero-order valence-electron chi connectivity index (χ0n) is 36.2. The maximum absolute atomic E-state index is 12.5. The number of hydrogen-bond acceptors (Lipinski definition) is 7. The number of phosphoric ester groups is 1. The average molecular weight is 817 g/mol. The van der Waals surface area contributed by atoms with Gasteiger partial charge in [-0.3, -0.25) is 18.6 Å². The number of hydrogen-bond donors (Lipinski definition) is 1. The van der Waals surface area contributed by atoms with Gasteiger partial charge in [-0.2, -0.15) is 0 Å². The van der Waals surface area contributed by atoms with Crippen molar-refractivity contribution in [2.45, 2.75) is 187 Å². The number of allylic oxidation sites excluding steroid dienone is 14. The van der Waals surface area contributed by atoms with Gasteiger partial charge in [0, 0.05) is 20.0 Å². The van der Waals surface area contributed by atoms with Crippen LogP contribution in [0.5, 0.6) is 0 Å². The monoisotopic (exact) mass is 817 g/mol. The number of esters is 2.